The summed E-state index contributed by atoms with van der Waals surface area (Å²) in [6, 6.07) is 10.1. The van der Waals surface area contributed by atoms with Crippen molar-refractivity contribution in [3.63, 3.8) is 0 Å². The summed E-state index contributed by atoms with van der Waals surface area (Å²) in [5, 5.41) is 10.3. The predicted molar refractivity (Wildman–Crippen MR) is 100 cm³/mol. The van der Waals surface area contributed by atoms with E-state index in [1.54, 1.807) is 6.07 Å². The van der Waals surface area contributed by atoms with Gasteiger partial charge >= 0.3 is 6.36 Å². The van der Waals surface area contributed by atoms with Crippen molar-refractivity contribution < 1.29 is 27.4 Å². The predicted octanol–water partition coefficient (Wildman–Crippen LogP) is 5.04. The minimum atomic E-state index is -4.78. The molecule has 1 aliphatic rings. The molecule has 29 heavy (non-hydrogen) atoms. The summed E-state index contributed by atoms with van der Waals surface area (Å²) in [4.78, 5) is 12.4. The van der Waals surface area contributed by atoms with E-state index < -0.39 is 18.0 Å². The number of fused-ring (bicyclic) bond motifs is 1. The third kappa shape index (κ3) is 4.61. The third-order valence-corrected chi connectivity index (χ3v) is 4.72. The van der Waals surface area contributed by atoms with Crippen LogP contribution in [0, 0.1) is 0 Å². The van der Waals surface area contributed by atoms with Gasteiger partial charge in [-0.3, -0.25) is 9.89 Å². The molecule has 0 saturated heterocycles. The highest BCUT2D eigenvalue weighted by Gasteiger charge is 2.31. The fraction of sp³-hybridized carbons (Fsp3) is 0.300. The van der Waals surface area contributed by atoms with E-state index in [9.17, 15) is 18.0 Å². The van der Waals surface area contributed by atoms with Crippen LogP contribution in [0.15, 0.2) is 42.5 Å². The van der Waals surface area contributed by atoms with Crippen molar-refractivity contribution in [2.45, 2.75) is 38.1 Å². The number of halogens is 3. The smallest absolute Gasteiger partial charge is 0.490 e. The molecule has 152 valence electrons. The van der Waals surface area contributed by atoms with E-state index in [2.05, 4.69) is 20.3 Å². The average Bonchev–Trinajstić information content (AvgIpc) is 3.31. The Morgan fingerprint density at radius 2 is 1.76 bits per heavy atom. The molecule has 0 unspecified atom stereocenters. The molecule has 2 aromatic carbocycles. The molecule has 1 saturated carbocycles. The number of aromatic nitrogens is 2. The number of nitrogens with one attached hydrogen (secondary N) is 2. The lowest BCUT2D eigenvalue weighted by Gasteiger charge is -2.12. The van der Waals surface area contributed by atoms with Gasteiger partial charge in [-0.2, -0.15) is 5.10 Å². The summed E-state index contributed by atoms with van der Waals surface area (Å²) in [5.74, 6) is 0.177. The van der Waals surface area contributed by atoms with E-state index in [4.69, 9.17) is 4.74 Å². The van der Waals surface area contributed by atoms with Gasteiger partial charge in [0.25, 0.3) is 5.91 Å². The SMILES string of the molecule is O=C(Nc1n[nH]c2cc(OC3CCCC3)ccc12)c1ccc(OC(F)(F)F)cc1. The Kier molecular flexibility index (Phi) is 5.04. The molecule has 1 fully saturated rings. The van der Waals surface area contributed by atoms with Crippen LogP contribution in [0.25, 0.3) is 10.9 Å². The number of hydrogen-bond donors (Lipinski definition) is 2. The Labute approximate surface area is 164 Å². The number of ether oxygens (including phenoxy) is 2. The lowest BCUT2D eigenvalue weighted by Crippen LogP contribution is -2.17. The maximum absolute atomic E-state index is 12.4. The Morgan fingerprint density at radius 3 is 2.45 bits per heavy atom. The number of amides is 1. The molecule has 6 nitrogen and oxygen atoms in total. The van der Waals surface area contributed by atoms with Crippen LogP contribution >= 0.6 is 0 Å². The van der Waals surface area contributed by atoms with Crippen LogP contribution in [-0.2, 0) is 0 Å². The van der Waals surface area contributed by atoms with Gasteiger partial charge in [-0.05, 0) is 62.1 Å². The number of carbonyl (C=O) groups is 1. The zero-order valence-electron chi connectivity index (χ0n) is 15.3. The number of benzene rings is 2. The van der Waals surface area contributed by atoms with Crippen LogP contribution < -0.4 is 14.8 Å². The molecule has 3 aromatic rings. The minimum absolute atomic E-state index is 0.178. The zero-order valence-corrected chi connectivity index (χ0v) is 15.3. The molecule has 0 bridgehead atoms. The monoisotopic (exact) mass is 405 g/mol. The highest BCUT2D eigenvalue weighted by atomic mass is 19.4. The van der Waals surface area contributed by atoms with Crippen LogP contribution in [0.4, 0.5) is 19.0 Å². The molecule has 0 aliphatic heterocycles. The van der Waals surface area contributed by atoms with E-state index in [-0.39, 0.29) is 11.7 Å². The third-order valence-electron chi connectivity index (χ3n) is 4.72. The quantitative estimate of drug-likeness (QED) is 0.624. The zero-order chi connectivity index (χ0) is 20.4. The summed E-state index contributed by atoms with van der Waals surface area (Å²) >= 11 is 0. The second-order valence-corrected chi connectivity index (χ2v) is 6.83. The first-order valence-corrected chi connectivity index (χ1v) is 9.19. The summed E-state index contributed by atoms with van der Waals surface area (Å²) < 4.78 is 46.4. The summed E-state index contributed by atoms with van der Waals surface area (Å²) in [5.41, 5.74) is 0.890. The molecule has 9 heteroatoms. The topological polar surface area (TPSA) is 76.2 Å². The van der Waals surface area contributed by atoms with E-state index in [1.165, 1.54) is 25.0 Å². The summed E-state index contributed by atoms with van der Waals surface area (Å²) in [7, 11) is 0. The van der Waals surface area contributed by atoms with Gasteiger partial charge in [0, 0.05) is 17.0 Å². The second kappa shape index (κ2) is 7.65. The molecular formula is C20H18F3N3O3. The Balaban J connectivity index is 1.45. The molecule has 0 atom stereocenters. The van der Waals surface area contributed by atoms with Gasteiger partial charge in [0.05, 0.1) is 11.6 Å². The molecule has 1 aromatic heterocycles. The first-order chi connectivity index (χ1) is 13.9. The van der Waals surface area contributed by atoms with Gasteiger partial charge in [0.15, 0.2) is 5.82 Å². The summed E-state index contributed by atoms with van der Waals surface area (Å²) in [6.07, 6.45) is -0.0891. The van der Waals surface area contributed by atoms with E-state index >= 15 is 0 Å². The van der Waals surface area contributed by atoms with E-state index in [0.717, 1.165) is 30.7 Å². The molecule has 4 rings (SSSR count). The molecule has 1 amide bonds. The fourth-order valence-electron chi connectivity index (χ4n) is 3.35. The van der Waals surface area contributed by atoms with E-state index in [1.807, 2.05) is 12.1 Å². The first-order valence-electron chi connectivity index (χ1n) is 9.19. The van der Waals surface area contributed by atoms with Crippen molar-refractivity contribution >= 4 is 22.6 Å². The van der Waals surface area contributed by atoms with Gasteiger partial charge in [0.1, 0.15) is 11.5 Å². The van der Waals surface area contributed by atoms with Crippen molar-refractivity contribution in [3.05, 3.63) is 48.0 Å². The van der Waals surface area contributed by atoms with Gasteiger partial charge < -0.3 is 14.8 Å². The molecule has 1 heterocycles. The van der Waals surface area contributed by atoms with Gasteiger partial charge in [0.2, 0.25) is 0 Å². The lowest BCUT2D eigenvalue weighted by molar-refractivity contribution is -0.274. The minimum Gasteiger partial charge on any atom is -0.490 e. The second-order valence-electron chi connectivity index (χ2n) is 6.83. The molecule has 2 N–H and O–H groups in total. The number of hydrogen-bond acceptors (Lipinski definition) is 4. The number of rotatable bonds is 5. The normalized spacial score (nSPS) is 14.9. The average molecular weight is 405 g/mol. The molecule has 0 radical (unpaired) electrons. The van der Waals surface area contributed by atoms with Crippen molar-refractivity contribution in [2.75, 3.05) is 5.32 Å². The largest absolute Gasteiger partial charge is 0.573 e. The number of nitrogens with zero attached hydrogens (tertiary/aromatic N) is 1. The van der Waals surface area contributed by atoms with Gasteiger partial charge in [-0.15, -0.1) is 13.2 Å². The molecule has 0 spiro atoms. The van der Waals surface area contributed by atoms with Crippen molar-refractivity contribution in [1.82, 2.24) is 10.2 Å². The standard InChI is InChI=1S/C20H18F3N3O3/c21-20(22,23)29-14-7-5-12(6-8-14)19(27)24-18-16-10-9-15(11-17(16)25-26-18)28-13-3-1-2-4-13/h5-11,13H,1-4H2,(H2,24,25,26,27). The van der Waals surface area contributed by atoms with Crippen LogP contribution in [0.3, 0.4) is 0 Å². The van der Waals surface area contributed by atoms with Crippen LogP contribution in [0.2, 0.25) is 0 Å². The molecular weight excluding hydrogens is 387 g/mol. The first kappa shape index (κ1) is 19.1. The van der Waals surface area contributed by atoms with Crippen molar-refractivity contribution in [1.29, 1.82) is 0 Å². The maximum atomic E-state index is 12.4. The number of anilines is 1. The van der Waals surface area contributed by atoms with E-state index in [0.29, 0.717) is 16.7 Å². The van der Waals surface area contributed by atoms with Crippen LogP contribution in [0.5, 0.6) is 11.5 Å². The van der Waals surface area contributed by atoms with Gasteiger partial charge in [-0.25, -0.2) is 0 Å². The number of carbonyl (C=O) groups excluding carboxylic acids is 1. The Hall–Kier alpha value is -3.23. The van der Waals surface area contributed by atoms with Crippen molar-refractivity contribution in [2.24, 2.45) is 0 Å². The summed E-state index contributed by atoms with van der Waals surface area (Å²) in [6.45, 7) is 0. The number of aromatic amines is 1. The van der Waals surface area contributed by atoms with Crippen molar-refractivity contribution in [3.8, 4) is 11.5 Å². The van der Waals surface area contributed by atoms with Crippen LogP contribution in [0.1, 0.15) is 36.0 Å². The highest BCUT2D eigenvalue weighted by molar-refractivity contribution is 6.07. The maximum Gasteiger partial charge on any atom is 0.573 e. The van der Waals surface area contributed by atoms with Crippen LogP contribution in [-0.4, -0.2) is 28.6 Å². The Bertz CT molecular complexity index is 1010. The highest BCUT2D eigenvalue weighted by Crippen LogP contribution is 2.29. The fourth-order valence-corrected chi connectivity index (χ4v) is 3.35. The number of alkyl halides is 3. The Morgan fingerprint density at radius 1 is 1.07 bits per heavy atom. The number of H-pyrrole nitrogens is 1. The molecule has 1 aliphatic carbocycles. The van der Waals surface area contributed by atoms with Gasteiger partial charge in [-0.1, -0.05) is 0 Å². The lowest BCUT2D eigenvalue weighted by atomic mass is 10.2.